The smallest absolute Gasteiger partial charge is 0.306 e. The molecule has 0 fully saturated rings. The Labute approximate surface area is 371 Å². The number of esters is 1. The molecule has 0 saturated carbocycles. The Morgan fingerprint density at radius 2 is 0.917 bits per heavy atom. The molecule has 0 aliphatic rings. The minimum absolute atomic E-state index is 0.0497. The van der Waals surface area contributed by atoms with Crippen LogP contribution in [0.4, 0.5) is 0 Å². The number of nitrogens with one attached hydrogen (secondary N) is 1. The van der Waals surface area contributed by atoms with Crippen LogP contribution in [0, 0.1) is 0 Å². The van der Waals surface area contributed by atoms with E-state index in [9.17, 15) is 19.8 Å². The van der Waals surface area contributed by atoms with E-state index in [0.29, 0.717) is 19.3 Å². The van der Waals surface area contributed by atoms with Crippen LogP contribution in [0.5, 0.6) is 0 Å². The van der Waals surface area contributed by atoms with Crippen molar-refractivity contribution in [1.82, 2.24) is 5.32 Å². The molecule has 60 heavy (non-hydrogen) atoms. The largest absolute Gasteiger partial charge is 0.462 e. The van der Waals surface area contributed by atoms with E-state index in [4.69, 9.17) is 4.74 Å². The monoisotopic (exact) mass is 840 g/mol. The van der Waals surface area contributed by atoms with Crippen molar-refractivity contribution < 1.29 is 24.5 Å². The highest BCUT2D eigenvalue weighted by atomic mass is 16.5. The van der Waals surface area contributed by atoms with Crippen molar-refractivity contribution in [2.24, 2.45) is 0 Å². The van der Waals surface area contributed by atoms with Gasteiger partial charge in [0, 0.05) is 6.42 Å². The van der Waals surface area contributed by atoms with Crippen LogP contribution in [0.3, 0.4) is 0 Å². The van der Waals surface area contributed by atoms with Crippen molar-refractivity contribution in [3.63, 3.8) is 0 Å². The van der Waals surface area contributed by atoms with E-state index in [0.717, 1.165) is 70.6 Å². The van der Waals surface area contributed by atoms with Crippen LogP contribution in [-0.2, 0) is 14.3 Å². The molecule has 0 saturated heterocycles. The van der Waals surface area contributed by atoms with Crippen LogP contribution < -0.4 is 5.32 Å². The number of aliphatic hydroxyl groups is 2. The molecule has 3 atom stereocenters. The maximum Gasteiger partial charge on any atom is 0.306 e. The molecule has 0 aromatic heterocycles. The molecule has 0 aliphatic heterocycles. The van der Waals surface area contributed by atoms with E-state index in [1.165, 1.54) is 128 Å². The molecule has 1 amide bonds. The number of rotatable bonds is 45. The lowest BCUT2D eigenvalue weighted by atomic mass is 10.0. The summed E-state index contributed by atoms with van der Waals surface area (Å²) in [5.41, 5.74) is 0. The van der Waals surface area contributed by atoms with E-state index >= 15 is 0 Å². The van der Waals surface area contributed by atoms with Crippen LogP contribution in [-0.4, -0.2) is 46.9 Å². The van der Waals surface area contributed by atoms with Crippen molar-refractivity contribution in [3.05, 3.63) is 60.8 Å². The predicted molar refractivity (Wildman–Crippen MR) is 259 cm³/mol. The fourth-order valence-electron chi connectivity index (χ4n) is 7.55. The third-order valence-electron chi connectivity index (χ3n) is 11.4. The minimum Gasteiger partial charge on any atom is -0.462 e. The molecular formula is C54H97NO5. The average Bonchev–Trinajstić information content (AvgIpc) is 3.24. The maximum absolute atomic E-state index is 13.2. The summed E-state index contributed by atoms with van der Waals surface area (Å²) in [5, 5.41) is 23.6. The van der Waals surface area contributed by atoms with Gasteiger partial charge in [-0.3, -0.25) is 9.59 Å². The van der Waals surface area contributed by atoms with Gasteiger partial charge in [-0.25, -0.2) is 0 Å². The fraction of sp³-hybridized carbons (Fsp3) is 0.778. The maximum atomic E-state index is 13.2. The van der Waals surface area contributed by atoms with E-state index < -0.39 is 18.2 Å². The molecule has 6 nitrogen and oxygen atoms in total. The van der Waals surface area contributed by atoms with Gasteiger partial charge in [0.25, 0.3) is 0 Å². The third kappa shape index (κ3) is 42.3. The number of carbonyl (C=O) groups is 2. The Morgan fingerprint density at radius 3 is 1.43 bits per heavy atom. The lowest BCUT2D eigenvalue weighted by Crippen LogP contribution is -2.46. The molecule has 3 unspecified atom stereocenters. The van der Waals surface area contributed by atoms with Gasteiger partial charge in [0.1, 0.15) is 6.10 Å². The lowest BCUT2D eigenvalue weighted by Gasteiger charge is -2.24. The van der Waals surface area contributed by atoms with Crippen LogP contribution in [0.2, 0.25) is 0 Å². The quantitative estimate of drug-likeness (QED) is 0.0246. The number of amides is 1. The van der Waals surface area contributed by atoms with E-state index in [-0.39, 0.29) is 24.9 Å². The highest BCUT2D eigenvalue weighted by Crippen LogP contribution is 2.17. The van der Waals surface area contributed by atoms with Crippen molar-refractivity contribution in [3.8, 4) is 0 Å². The first-order valence-corrected chi connectivity index (χ1v) is 25.6. The molecule has 0 aliphatic carbocycles. The van der Waals surface area contributed by atoms with Crippen molar-refractivity contribution in [2.45, 2.75) is 264 Å². The first-order valence-electron chi connectivity index (χ1n) is 25.6. The number of hydrogen-bond acceptors (Lipinski definition) is 5. The van der Waals surface area contributed by atoms with Gasteiger partial charge in [-0.05, 0) is 70.6 Å². The molecule has 0 rings (SSSR count). The summed E-state index contributed by atoms with van der Waals surface area (Å²) in [6.45, 7) is 6.31. The van der Waals surface area contributed by atoms with Crippen LogP contribution in [0.15, 0.2) is 60.8 Å². The molecule has 0 radical (unpaired) electrons. The van der Waals surface area contributed by atoms with Gasteiger partial charge in [-0.15, -0.1) is 0 Å². The minimum atomic E-state index is -0.798. The fourth-order valence-corrected chi connectivity index (χ4v) is 7.55. The molecule has 0 aromatic carbocycles. The van der Waals surface area contributed by atoms with Gasteiger partial charge in [0.2, 0.25) is 5.91 Å². The number of aliphatic hydroxyl groups excluding tert-OH is 2. The van der Waals surface area contributed by atoms with Gasteiger partial charge in [-0.2, -0.15) is 0 Å². The summed E-state index contributed by atoms with van der Waals surface area (Å²) < 4.78 is 5.91. The number of ether oxygens (including phenoxy) is 1. The molecule has 6 heteroatoms. The number of hydrogen-bond donors (Lipinski definition) is 3. The Morgan fingerprint density at radius 1 is 0.500 bits per heavy atom. The van der Waals surface area contributed by atoms with E-state index in [2.05, 4.69) is 62.5 Å². The lowest BCUT2D eigenvalue weighted by molar-refractivity contribution is -0.151. The summed E-state index contributed by atoms with van der Waals surface area (Å²) in [5.74, 6) is -0.515. The van der Waals surface area contributed by atoms with Gasteiger partial charge >= 0.3 is 5.97 Å². The summed E-state index contributed by atoms with van der Waals surface area (Å²) >= 11 is 0. The third-order valence-corrected chi connectivity index (χ3v) is 11.4. The molecule has 348 valence electrons. The van der Waals surface area contributed by atoms with Crippen molar-refractivity contribution in [1.29, 1.82) is 0 Å². The zero-order valence-corrected chi connectivity index (χ0v) is 39.6. The highest BCUT2D eigenvalue weighted by Gasteiger charge is 2.24. The Kier molecular flexibility index (Phi) is 45.7. The summed E-state index contributed by atoms with van der Waals surface area (Å²) in [4.78, 5) is 26.1. The van der Waals surface area contributed by atoms with Gasteiger partial charge in [0.05, 0.1) is 25.2 Å². The average molecular weight is 840 g/mol. The summed E-state index contributed by atoms with van der Waals surface area (Å²) in [7, 11) is 0. The first kappa shape index (κ1) is 57.6. The molecule has 0 heterocycles. The molecule has 0 aromatic rings. The molecular weight excluding hydrogens is 743 g/mol. The second-order valence-electron chi connectivity index (χ2n) is 17.3. The predicted octanol–water partition coefficient (Wildman–Crippen LogP) is 15.2. The molecule has 3 N–H and O–H groups in total. The van der Waals surface area contributed by atoms with Crippen LogP contribution in [0.1, 0.15) is 245 Å². The van der Waals surface area contributed by atoms with E-state index in [1.807, 2.05) is 24.3 Å². The molecule has 0 spiro atoms. The summed E-state index contributed by atoms with van der Waals surface area (Å²) in [6, 6.07) is -0.714. The zero-order chi connectivity index (χ0) is 43.8. The summed E-state index contributed by atoms with van der Waals surface area (Å²) in [6.07, 6.45) is 58.6. The Hall–Kier alpha value is -2.44. The number of carbonyl (C=O) groups excluding carboxylic acids is 2. The van der Waals surface area contributed by atoms with Gasteiger partial charge in [-0.1, -0.05) is 223 Å². The van der Waals surface area contributed by atoms with Crippen LogP contribution >= 0.6 is 0 Å². The van der Waals surface area contributed by atoms with Crippen molar-refractivity contribution >= 4 is 11.9 Å². The second kappa shape index (κ2) is 47.6. The standard InChI is InChI=1S/C54H97NO5/c1-4-7-10-13-16-19-21-23-24-25-26-27-28-30-32-35-38-41-44-47-54(59)60-50(45-42-39-36-34-31-29-22-20-17-14-11-8-5-2)48-53(58)55-51(49-56)52(57)46-43-40-37-33-18-15-12-9-6-3/h8,11,14,17,20,22-24,29,31,50-52,56-57H,4-7,9-10,12-13,15-16,18-19,21,25-28,30,32-49H2,1-3H3,(H,55,58)/b11-8+,17-14+,22-20+,24-23+,31-29-. The van der Waals surface area contributed by atoms with Gasteiger partial charge in [0.15, 0.2) is 0 Å². The Balaban J connectivity index is 4.56. The topological polar surface area (TPSA) is 95.9 Å². The van der Waals surface area contributed by atoms with E-state index in [1.54, 1.807) is 0 Å². The second-order valence-corrected chi connectivity index (χ2v) is 17.3. The van der Waals surface area contributed by atoms with Crippen LogP contribution in [0.25, 0.3) is 0 Å². The number of allylic oxidation sites excluding steroid dienone is 10. The van der Waals surface area contributed by atoms with Gasteiger partial charge < -0.3 is 20.3 Å². The Bertz CT molecular complexity index is 1080. The first-order chi connectivity index (χ1) is 29.5. The molecule has 0 bridgehead atoms. The highest BCUT2D eigenvalue weighted by molar-refractivity contribution is 5.77. The normalized spacial score (nSPS) is 13.8. The SMILES string of the molecule is CC/C=C/C=C/C=C/C=C\CCCCCC(CC(=O)NC(CO)C(O)CCCCCCCCCCC)OC(=O)CCCCCCCCCCC/C=C/CCCCCCCC. The zero-order valence-electron chi connectivity index (χ0n) is 39.6. The number of unbranched alkanes of at least 4 members (excludes halogenated alkanes) is 26. The van der Waals surface area contributed by atoms with Crippen molar-refractivity contribution in [2.75, 3.05) is 6.61 Å².